The number of furan rings is 1. The fourth-order valence-corrected chi connectivity index (χ4v) is 2.19. The van der Waals surface area contributed by atoms with Crippen LogP contribution in [0.1, 0.15) is 25.1 Å². The minimum atomic E-state index is 0.238. The quantitative estimate of drug-likeness (QED) is 0.861. The molecule has 18 heavy (non-hydrogen) atoms. The number of halogens is 2. The summed E-state index contributed by atoms with van der Waals surface area (Å²) in [5.74, 6) is 1.73. The van der Waals surface area contributed by atoms with Crippen LogP contribution in [0.15, 0.2) is 34.7 Å². The van der Waals surface area contributed by atoms with E-state index in [4.69, 9.17) is 27.6 Å². The van der Waals surface area contributed by atoms with Crippen LogP contribution in [0, 0.1) is 0 Å². The maximum Gasteiger partial charge on any atom is 0.134 e. The second-order valence-corrected chi connectivity index (χ2v) is 4.89. The van der Waals surface area contributed by atoms with Crippen LogP contribution in [-0.2, 0) is 0 Å². The second kappa shape index (κ2) is 5.79. The van der Waals surface area contributed by atoms with Crippen molar-refractivity contribution >= 4 is 23.2 Å². The molecule has 0 fully saturated rings. The fraction of sp³-hybridized carbons (Fsp3) is 0.286. The van der Waals surface area contributed by atoms with Crippen LogP contribution >= 0.6 is 23.2 Å². The zero-order chi connectivity index (χ0) is 13.1. The van der Waals surface area contributed by atoms with Gasteiger partial charge in [-0.15, -0.1) is 0 Å². The van der Waals surface area contributed by atoms with Crippen molar-refractivity contribution in [3.8, 4) is 11.3 Å². The van der Waals surface area contributed by atoms with Crippen molar-refractivity contribution in [2.75, 3.05) is 7.05 Å². The van der Waals surface area contributed by atoms with Crippen molar-refractivity contribution in [3.63, 3.8) is 0 Å². The van der Waals surface area contributed by atoms with Gasteiger partial charge >= 0.3 is 0 Å². The summed E-state index contributed by atoms with van der Waals surface area (Å²) in [4.78, 5) is 0. The first kappa shape index (κ1) is 13.5. The monoisotopic (exact) mass is 283 g/mol. The maximum absolute atomic E-state index is 6.00. The highest BCUT2D eigenvalue weighted by Gasteiger charge is 2.12. The lowest BCUT2D eigenvalue weighted by Crippen LogP contribution is -2.14. The van der Waals surface area contributed by atoms with Crippen LogP contribution in [0.5, 0.6) is 0 Å². The van der Waals surface area contributed by atoms with Crippen molar-refractivity contribution in [1.82, 2.24) is 5.32 Å². The van der Waals surface area contributed by atoms with Crippen LogP contribution in [0.25, 0.3) is 11.3 Å². The lowest BCUT2D eigenvalue weighted by Gasteiger charge is -2.10. The largest absolute Gasteiger partial charge is 0.459 e. The first-order valence-electron chi connectivity index (χ1n) is 5.88. The molecule has 4 heteroatoms. The van der Waals surface area contributed by atoms with Gasteiger partial charge in [-0.3, -0.25) is 0 Å². The summed E-state index contributed by atoms with van der Waals surface area (Å²) in [6.07, 6.45) is 0.977. The van der Waals surface area contributed by atoms with Gasteiger partial charge < -0.3 is 9.73 Å². The molecule has 0 radical (unpaired) electrons. The van der Waals surface area contributed by atoms with Gasteiger partial charge in [0.2, 0.25) is 0 Å². The molecule has 0 bridgehead atoms. The first-order valence-corrected chi connectivity index (χ1v) is 6.63. The van der Waals surface area contributed by atoms with E-state index in [0.29, 0.717) is 10.0 Å². The van der Waals surface area contributed by atoms with Gasteiger partial charge in [-0.05, 0) is 43.8 Å². The fourth-order valence-electron chi connectivity index (χ4n) is 1.89. The van der Waals surface area contributed by atoms with Gasteiger partial charge in [-0.25, -0.2) is 0 Å². The van der Waals surface area contributed by atoms with E-state index < -0.39 is 0 Å². The molecular weight excluding hydrogens is 269 g/mol. The van der Waals surface area contributed by atoms with Crippen molar-refractivity contribution < 1.29 is 4.42 Å². The molecule has 1 N–H and O–H groups in total. The first-order chi connectivity index (χ1) is 8.65. The lowest BCUT2D eigenvalue weighted by atomic mass is 10.1. The van der Waals surface area contributed by atoms with E-state index in [0.717, 1.165) is 23.5 Å². The predicted molar refractivity (Wildman–Crippen MR) is 76.3 cm³/mol. The van der Waals surface area contributed by atoms with E-state index in [9.17, 15) is 0 Å². The molecule has 0 aliphatic carbocycles. The van der Waals surface area contributed by atoms with Crippen molar-refractivity contribution in [1.29, 1.82) is 0 Å². The lowest BCUT2D eigenvalue weighted by molar-refractivity contribution is 0.431. The Morgan fingerprint density at radius 1 is 1.17 bits per heavy atom. The molecule has 0 spiro atoms. The molecule has 2 aromatic rings. The predicted octanol–water partition coefficient (Wildman–Crippen LogP) is 4.92. The standard InChI is InChI=1S/C14H15Cl2NO/c1-3-12(17-2)14-7-6-13(18-14)9-4-5-10(15)11(16)8-9/h4-8,12,17H,3H2,1-2H3. The number of hydrogen-bond donors (Lipinski definition) is 1. The second-order valence-electron chi connectivity index (χ2n) is 4.08. The van der Waals surface area contributed by atoms with Crippen molar-refractivity contribution in [3.05, 3.63) is 46.1 Å². The van der Waals surface area contributed by atoms with Crippen LogP contribution in [0.4, 0.5) is 0 Å². The molecule has 0 aliphatic rings. The van der Waals surface area contributed by atoms with Gasteiger partial charge in [0.1, 0.15) is 11.5 Å². The van der Waals surface area contributed by atoms with Crippen LogP contribution in [0.2, 0.25) is 10.0 Å². The summed E-state index contributed by atoms with van der Waals surface area (Å²) >= 11 is 11.9. The topological polar surface area (TPSA) is 25.2 Å². The minimum absolute atomic E-state index is 0.238. The van der Waals surface area contributed by atoms with Crippen LogP contribution < -0.4 is 5.32 Å². The van der Waals surface area contributed by atoms with E-state index in [-0.39, 0.29) is 6.04 Å². The zero-order valence-electron chi connectivity index (χ0n) is 10.3. The summed E-state index contributed by atoms with van der Waals surface area (Å²) in [7, 11) is 1.93. The van der Waals surface area contributed by atoms with E-state index in [2.05, 4.69) is 12.2 Å². The van der Waals surface area contributed by atoms with Gasteiger partial charge in [-0.1, -0.05) is 30.1 Å². The molecule has 0 saturated heterocycles. The summed E-state index contributed by atoms with van der Waals surface area (Å²) in [6.45, 7) is 2.11. The molecule has 0 saturated carbocycles. The van der Waals surface area contributed by atoms with E-state index in [1.807, 2.05) is 31.3 Å². The van der Waals surface area contributed by atoms with Gasteiger partial charge in [0, 0.05) is 5.56 Å². The third-order valence-electron chi connectivity index (χ3n) is 2.93. The molecular formula is C14H15Cl2NO. The average molecular weight is 284 g/mol. The molecule has 96 valence electrons. The van der Waals surface area contributed by atoms with Gasteiger partial charge in [0.05, 0.1) is 16.1 Å². The normalized spacial score (nSPS) is 12.7. The summed E-state index contributed by atoms with van der Waals surface area (Å²) in [5.41, 5.74) is 0.932. The Morgan fingerprint density at radius 3 is 2.56 bits per heavy atom. The average Bonchev–Trinajstić information content (AvgIpc) is 2.84. The number of rotatable bonds is 4. The Labute approximate surface area is 117 Å². The molecule has 1 atom stereocenters. The van der Waals surface area contributed by atoms with E-state index >= 15 is 0 Å². The van der Waals surface area contributed by atoms with Crippen molar-refractivity contribution in [2.24, 2.45) is 0 Å². The van der Waals surface area contributed by atoms with E-state index in [1.54, 1.807) is 6.07 Å². The molecule has 1 unspecified atom stereocenters. The smallest absolute Gasteiger partial charge is 0.134 e. The van der Waals surface area contributed by atoms with E-state index in [1.165, 1.54) is 0 Å². The molecule has 2 rings (SSSR count). The number of hydrogen-bond acceptors (Lipinski definition) is 2. The third kappa shape index (κ3) is 2.72. The Morgan fingerprint density at radius 2 is 1.94 bits per heavy atom. The highest BCUT2D eigenvalue weighted by atomic mass is 35.5. The molecule has 0 amide bonds. The summed E-state index contributed by atoms with van der Waals surface area (Å²) < 4.78 is 5.84. The molecule has 1 heterocycles. The zero-order valence-corrected chi connectivity index (χ0v) is 11.8. The van der Waals surface area contributed by atoms with Crippen LogP contribution in [0.3, 0.4) is 0 Å². The molecule has 1 aromatic heterocycles. The summed E-state index contributed by atoms with van der Waals surface area (Å²) in [5, 5.41) is 4.30. The highest BCUT2D eigenvalue weighted by molar-refractivity contribution is 6.42. The SMILES string of the molecule is CCC(NC)c1ccc(-c2ccc(Cl)c(Cl)c2)o1. The highest BCUT2D eigenvalue weighted by Crippen LogP contribution is 2.31. The third-order valence-corrected chi connectivity index (χ3v) is 3.67. The van der Waals surface area contributed by atoms with Crippen LogP contribution in [-0.4, -0.2) is 7.05 Å². The minimum Gasteiger partial charge on any atom is -0.459 e. The molecule has 1 aromatic carbocycles. The molecule has 2 nitrogen and oxygen atoms in total. The molecule has 0 aliphatic heterocycles. The van der Waals surface area contributed by atoms with Gasteiger partial charge in [0.25, 0.3) is 0 Å². The Balaban J connectivity index is 2.31. The Hall–Kier alpha value is -0.960. The van der Waals surface area contributed by atoms with Gasteiger partial charge in [0.15, 0.2) is 0 Å². The summed E-state index contributed by atoms with van der Waals surface area (Å²) in [6, 6.07) is 9.67. The Bertz CT molecular complexity index is 532. The van der Waals surface area contributed by atoms with Gasteiger partial charge in [-0.2, -0.15) is 0 Å². The van der Waals surface area contributed by atoms with Crippen molar-refractivity contribution in [2.45, 2.75) is 19.4 Å². The maximum atomic E-state index is 6.00. The Kier molecular flexibility index (Phi) is 4.33. The number of benzene rings is 1. The number of nitrogens with one attached hydrogen (secondary N) is 1.